The third-order valence-corrected chi connectivity index (χ3v) is 2.39. The average Bonchev–Trinajstić information content (AvgIpc) is 2.59. The normalized spacial score (nSPS) is 16.1. The molecule has 0 saturated heterocycles. The molecule has 0 spiro atoms. The third-order valence-electron chi connectivity index (χ3n) is 2.39. The van der Waals surface area contributed by atoms with Crippen LogP contribution in [0.3, 0.4) is 0 Å². The van der Waals surface area contributed by atoms with E-state index in [-0.39, 0.29) is 0 Å². The molecule has 0 bridgehead atoms. The number of hydrogen-bond acceptors (Lipinski definition) is 3. The molecule has 0 radical (unpaired) electrons. The van der Waals surface area contributed by atoms with Gasteiger partial charge in [-0.2, -0.15) is 0 Å². The van der Waals surface area contributed by atoms with Crippen LogP contribution in [-0.2, 0) is 0 Å². The topological polar surface area (TPSA) is 36.4 Å². The van der Waals surface area contributed by atoms with E-state index in [0.29, 0.717) is 0 Å². The molecule has 1 aliphatic rings. The molecule has 0 fully saturated rings. The fourth-order valence-electron chi connectivity index (χ4n) is 1.33. The van der Waals surface area contributed by atoms with Gasteiger partial charge in [0.05, 0.1) is 6.54 Å². The molecule has 0 saturated carbocycles. The van der Waals surface area contributed by atoms with Gasteiger partial charge in [-0.3, -0.25) is 4.99 Å². The second-order valence-corrected chi connectivity index (χ2v) is 3.22. The Morgan fingerprint density at radius 2 is 2.25 bits per heavy atom. The monoisotopic (exact) mass is 169 g/mol. The largest absolute Gasteiger partial charge is 0.356 e. The predicted octanol–water partition coefficient (Wildman–Crippen LogP) is 0.971. The Morgan fingerprint density at radius 3 is 2.75 bits per heavy atom. The molecule has 1 aliphatic heterocycles. The summed E-state index contributed by atoms with van der Waals surface area (Å²) in [5, 5.41) is 6.52. The van der Waals surface area contributed by atoms with Gasteiger partial charge in [0.1, 0.15) is 0 Å². The second kappa shape index (κ2) is 5.01. The number of nitrogens with one attached hydrogen (secondary N) is 2. The van der Waals surface area contributed by atoms with Crippen LogP contribution >= 0.6 is 0 Å². The van der Waals surface area contributed by atoms with Crippen molar-refractivity contribution in [3.8, 4) is 0 Å². The van der Waals surface area contributed by atoms with Crippen LogP contribution in [0.5, 0.6) is 0 Å². The molecule has 0 amide bonds. The van der Waals surface area contributed by atoms with Crippen molar-refractivity contribution in [2.24, 2.45) is 10.9 Å². The van der Waals surface area contributed by atoms with Gasteiger partial charge in [-0.15, -0.1) is 0 Å². The molecule has 70 valence electrons. The number of rotatable bonds is 4. The van der Waals surface area contributed by atoms with E-state index in [9.17, 15) is 0 Å². The van der Waals surface area contributed by atoms with Crippen molar-refractivity contribution in [1.29, 1.82) is 0 Å². The molecule has 3 heteroatoms. The first-order valence-corrected chi connectivity index (χ1v) is 4.89. The lowest BCUT2D eigenvalue weighted by atomic mass is 10.0. The Labute approximate surface area is 74.6 Å². The highest BCUT2D eigenvalue weighted by molar-refractivity contribution is 5.81. The van der Waals surface area contributed by atoms with E-state index in [1.165, 1.54) is 12.8 Å². The molecule has 3 nitrogen and oxygen atoms in total. The summed E-state index contributed by atoms with van der Waals surface area (Å²) in [6.07, 6.45) is 2.49. The van der Waals surface area contributed by atoms with E-state index in [1.54, 1.807) is 0 Å². The average molecular weight is 169 g/mol. The van der Waals surface area contributed by atoms with Gasteiger partial charge in [0.25, 0.3) is 0 Å². The lowest BCUT2D eigenvalue weighted by Crippen LogP contribution is -2.36. The van der Waals surface area contributed by atoms with E-state index in [2.05, 4.69) is 29.5 Å². The quantitative estimate of drug-likeness (QED) is 0.658. The fraction of sp³-hybridized carbons (Fsp3) is 0.889. The van der Waals surface area contributed by atoms with Crippen molar-refractivity contribution in [2.75, 3.05) is 19.6 Å². The standard InChI is InChI=1S/C9H19N3/c1-3-8(4-2)7-12-9-10-5-6-11-9/h8H,3-7H2,1-2H3,(H2,10,11,12). The lowest BCUT2D eigenvalue weighted by Gasteiger charge is -2.13. The Hall–Kier alpha value is -0.730. The summed E-state index contributed by atoms with van der Waals surface area (Å²) in [4.78, 5) is 4.27. The van der Waals surface area contributed by atoms with E-state index >= 15 is 0 Å². The molecule has 0 aromatic carbocycles. The zero-order chi connectivity index (χ0) is 8.81. The van der Waals surface area contributed by atoms with E-state index in [0.717, 1.165) is 31.5 Å². The van der Waals surface area contributed by atoms with Crippen LogP contribution in [0, 0.1) is 5.92 Å². The Balaban J connectivity index is 2.14. The van der Waals surface area contributed by atoms with Crippen molar-refractivity contribution in [1.82, 2.24) is 10.6 Å². The summed E-state index contributed by atoms with van der Waals surface area (Å²) in [5.41, 5.74) is 0. The van der Waals surface area contributed by atoms with Gasteiger partial charge in [0.15, 0.2) is 5.96 Å². The summed E-state index contributed by atoms with van der Waals surface area (Å²) in [6, 6.07) is 0. The first-order chi connectivity index (χ1) is 5.86. The third kappa shape index (κ3) is 2.72. The summed E-state index contributed by atoms with van der Waals surface area (Å²) in [6.45, 7) is 7.44. The summed E-state index contributed by atoms with van der Waals surface area (Å²) < 4.78 is 0. The minimum atomic E-state index is 0.787. The summed E-state index contributed by atoms with van der Waals surface area (Å²) in [5.74, 6) is 1.78. The SMILES string of the molecule is CCC(CC)CNC1=NCCN1. The first kappa shape index (κ1) is 9.36. The van der Waals surface area contributed by atoms with Crippen molar-refractivity contribution in [3.63, 3.8) is 0 Å². The first-order valence-electron chi connectivity index (χ1n) is 4.89. The number of hydrogen-bond donors (Lipinski definition) is 2. The summed E-state index contributed by atoms with van der Waals surface area (Å²) >= 11 is 0. The van der Waals surface area contributed by atoms with E-state index < -0.39 is 0 Å². The molecule has 12 heavy (non-hydrogen) atoms. The van der Waals surface area contributed by atoms with Crippen LogP contribution in [0.1, 0.15) is 26.7 Å². The second-order valence-electron chi connectivity index (χ2n) is 3.22. The number of nitrogens with zero attached hydrogens (tertiary/aromatic N) is 1. The van der Waals surface area contributed by atoms with Crippen molar-refractivity contribution in [3.05, 3.63) is 0 Å². The van der Waals surface area contributed by atoms with Crippen LogP contribution in [0.2, 0.25) is 0 Å². The van der Waals surface area contributed by atoms with Crippen LogP contribution in [0.4, 0.5) is 0 Å². The minimum Gasteiger partial charge on any atom is -0.356 e. The van der Waals surface area contributed by atoms with E-state index in [4.69, 9.17) is 0 Å². The zero-order valence-corrected chi connectivity index (χ0v) is 8.06. The maximum absolute atomic E-state index is 4.27. The molecular weight excluding hydrogens is 150 g/mol. The Bertz CT molecular complexity index is 150. The van der Waals surface area contributed by atoms with Crippen molar-refractivity contribution < 1.29 is 0 Å². The molecule has 2 N–H and O–H groups in total. The molecule has 0 unspecified atom stereocenters. The smallest absolute Gasteiger partial charge is 0.191 e. The Morgan fingerprint density at radius 1 is 1.50 bits per heavy atom. The van der Waals surface area contributed by atoms with Gasteiger partial charge in [0, 0.05) is 13.1 Å². The fourth-order valence-corrected chi connectivity index (χ4v) is 1.33. The van der Waals surface area contributed by atoms with Gasteiger partial charge < -0.3 is 10.6 Å². The highest BCUT2D eigenvalue weighted by Gasteiger charge is 2.06. The molecular formula is C9H19N3. The molecule has 1 rings (SSSR count). The van der Waals surface area contributed by atoms with Crippen molar-refractivity contribution in [2.45, 2.75) is 26.7 Å². The van der Waals surface area contributed by atoms with E-state index in [1.807, 2.05) is 0 Å². The zero-order valence-electron chi connectivity index (χ0n) is 8.06. The molecule has 0 aromatic rings. The summed E-state index contributed by atoms with van der Waals surface area (Å²) in [7, 11) is 0. The van der Waals surface area contributed by atoms with Crippen molar-refractivity contribution >= 4 is 5.96 Å². The van der Waals surface area contributed by atoms with Gasteiger partial charge in [0.2, 0.25) is 0 Å². The highest BCUT2D eigenvalue weighted by Crippen LogP contribution is 2.04. The maximum Gasteiger partial charge on any atom is 0.191 e. The van der Waals surface area contributed by atoms with Gasteiger partial charge in [-0.25, -0.2) is 0 Å². The van der Waals surface area contributed by atoms with Gasteiger partial charge >= 0.3 is 0 Å². The number of aliphatic imine (C=N–C) groups is 1. The predicted molar refractivity (Wildman–Crippen MR) is 52.4 cm³/mol. The molecule has 1 heterocycles. The minimum absolute atomic E-state index is 0.787. The van der Waals surface area contributed by atoms with Gasteiger partial charge in [-0.1, -0.05) is 26.7 Å². The molecule has 0 aliphatic carbocycles. The van der Waals surface area contributed by atoms with Crippen LogP contribution in [0.25, 0.3) is 0 Å². The molecule has 0 atom stereocenters. The van der Waals surface area contributed by atoms with Gasteiger partial charge in [-0.05, 0) is 5.92 Å². The Kier molecular flexibility index (Phi) is 3.91. The number of guanidine groups is 1. The molecule has 0 aromatic heterocycles. The van der Waals surface area contributed by atoms with Crippen LogP contribution in [0.15, 0.2) is 4.99 Å². The van der Waals surface area contributed by atoms with Crippen LogP contribution < -0.4 is 10.6 Å². The lowest BCUT2D eigenvalue weighted by molar-refractivity contribution is 0.483. The van der Waals surface area contributed by atoms with Crippen LogP contribution in [-0.4, -0.2) is 25.6 Å². The maximum atomic E-state index is 4.27. The highest BCUT2D eigenvalue weighted by atomic mass is 15.2.